The van der Waals surface area contributed by atoms with Crippen molar-refractivity contribution in [1.29, 1.82) is 0 Å². The van der Waals surface area contributed by atoms with Gasteiger partial charge in [-0.2, -0.15) is 0 Å². The number of allylic oxidation sites excluding steroid dienone is 2. The molecule has 4 N–H and O–H groups in total. The molecule has 0 atom stereocenters. The molecular weight excluding hydrogens is 641 g/mol. The zero-order valence-corrected chi connectivity index (χ0v) is 30.5. The lowest BCUT2D eigenvalue weighted by atomic mass is 10.1. The highest BCUT2D eigenvalue weighted by atomic mass is 33.1. The van der Waals surface area contributed by atoms with Crippen LogP contribution in [0.1, 0.15) is 116 Å². The van der Waals surface area contributed by atoms with Crippen LogP contribution in [-0.2, 0) is 19.2 Å². The van der Waals surface area contributed by atoms with Gasteiger partial charge in [-0.15, -0.1) is 11.5 Å². The Kier molecular flexibility index (Phi) is 25.0. The first kappa shape index (κ1) is 41.3. The smallest absolute Gasteiger partial charge is 0.259 e. The number of hydrogen-bond acceptors (Lipinski definition) is 6. The van der Waals surface area contributed by atoms with Crippen molar-refractivity contribution in [2.45, 2.75) is 116 Å². The average Bonchev–Trinajstić information content (AvgIpc) is 3.83. The lowest BCUT2D eigenvalue weighted by Gasteiger charge is -2.07. The second-order valence-electron chi connectivity index (χ2n) is 12.2. The number of amides is 4. The number of hydrogen-bond donors (Lipinski definition) is 4. The predicted molar refractivity (Wildman–Crippen MR) is 202 cm³/mol. The van der Waals surface area contributed by atoms with Crippen molar-refractivity contribution in [3.63, 3.8) is 0 Å². The molecular formula is C38H58N4O4S2. The van der Waals surface area contributed by atoms with E-state index >= 15 is 0 Å². The third-order valence-corrected chi connectivity index (χ3v) is 10.4. The van der Waals surface area contributed by atoms with Crippen molar-refractivity contribution >= 4 is 45.2 Å². The van der Waals surface area contributed by atoms with E-state index in [0.29, 0.717) is 50.2 Å². The molecule has 0 fully saturated rings. The van der Waals surface area contributed by atoms with Crippen LogP contribution in [0.4, 0.5) is 0 Å². The molecule has 10 heteroatoms. The van der Waals surface area contributed by atoms with Crippen molar-refractivity contribution < 1.29 is 19.2 Å². The molecule has 0 spiro atoms. The second kappa shape index (κ2) is 29.1. The highest BCUT2D eigenvalue weighted by Gasteiger charge is 2.07. The largest absolute Gasteiger partial charge is 0.355 e. The molecule has 0 saturated heterocycles. The minimum atomic E-state index is -0.0403. The Labute approximate surface area is 297 Å². The van der Waals surface area contributed by atoms with Crippen LogP contribution in [0, 0.1) is 0 Å². The van der Waals surface area contributed by atoms with Gasteiger partial charge in [0.05, 0.1) is 11.1 Å². The van der Waals surface area contributed by atoms with Crippen molar-refractivity contribution in [3.8, 4) is 0 Å². The van der Waals surface area contributed by atoms with E-state index in [1.165, 1.54) is 51.4 Å². The van der Waals surface area contributed by atoms with Crippen LogP contribution < -0.4 is 21.3 Å². The fourth-order valence-corrected chi connectivity index (χ4v) is 7.05. The van der Waals surface area contributed by atoms with E-state index < -0.39 is 0 Å². The highest BCUT2D eigenvalue weighted by molar-refractivity contribution is 8.76. The van der Waals surface area contributed by atoms with Crippen molar-refractivity contribution in [3.05, 3.63) is 59.1 Å². The fourth-order valence-electron chi connectivity index (χ4n) is 5.24. The maximum atomic E-state index is 12.1. The molecule has 0 unspecified atom stereocenters. The van der Waals surface area contributed by atoms with Gasteiger partial charge in [0.15, 0.2) is 0 Å². The molecule has 8 nitrogen and oxygen atoms in total. The zero-order valence-electron chi connectivity index (χ0n) is 28.9. The Morgan fingerprint density at radius 3 is 1.17 bits per heavy atom. The molecule has 0 aromatic carbocycles. The predicted octanol–water partition coefficient (Wildman–Crippen LogP) is 7.16. The van der Waals surface area contributed by atoms with Gasteiger partial charge in [0.1, 0.15) is 0 Å². The molecule has 0 aromatic rings. The average molecular weight is 699 g/mol. The molecule has 2 aliphatic carbocycles. The third-order valence-electron chi connectivity index (χ3n) is 8.02. The van der Waals surface area contributed by atoms with Gasteiger partial charge in [-0.3, -0.25) is 19.2 Å². The summed E-state index contributed by atoms with van der Waals surface area (Å²) in [6.45, 7) is 2.80. The molecule has 4 amide bonds. The molecule has 0 saturated carbocycles. The lowest BCUT2D eigenvalue weighted by Crippen LogP contribution is -2.26. The van der Waals surface area contributed by atoms with Gasteiger partial charge in [0.25, 0.3) is 11.8 Å². The summed E-state index contributed by atoms with van der Waals surface area (Å²) >= 11 is 0. The van der Waals surface area contributed by atoms with Crippen molar-refractivity contribution in [2.24, 2.45) is 0 Å². The van der Waals surface area contributed by atoms with Crippen molar-refractivity contribution in [2.75, 3.05) is 37.7 Å². The monoisotopic (exact) mass is 698 g/mol. The van der Waals surface area contributed by atoms with Crippen LogP contribution in [0.2, 0.25) is 0 Å². The first-order valence-electron chi connectivity index (χ1n) is 18.2. The van der Waals surface area contributed by atoms with Gasteiger partial charge in [-0.1, -0.05) is 111 Å². The quantitative estimate of drug-likeness (QED) is 0.0347. The van der Waals surface area contributed by atoms with Crippen LogP contribution in [0.3, 0.4) is 0 Å². The van der Waals surface area contributed by atoms with Gasteiger partial charge in [-0.05, 0) is 50.0 Å². The number of unbranched alkanes of at least 4 members (excludes halogenated alkanes) is 14. The Morgan fingerprint density at radius 1 is 0.458 bits per heavy atom. The minimum absolute atomic E-state index is 0.0403. The Balaban J connectivity index is 1.22. The summed E-state index contributed by atoms with van der Waals surface area (Å²) < 4.78 is 0. The Morgan fingerprint density at radius 2 is 0.812 bits per heavy atom. The molecule has 0 aliphatic heterocycles. The summed E-state index contributed by atoms with van der Waals surface area (Å²) in [4.78, 5) is 47.8. The van der Waals surface area contributed by atoms with E-state index in [-0.39, 0.29) is 23.6 Å². The third kappa shape index (κ3) is 22.6. The number of carbonyl (C=O) groups excluding carboxylic acids is 4. The van der Waals surface area contributed by atoms with Crippen LogP contribution in [0.25, 0.3) is 0 Å². The molecule has 0 aromatic heterocycles. The highest BCUT2D eigenvalue weighted by Crippen LogP contribution is 2.19. The first-order chi connectivity index (χ1) is 23.6. The van der Waals surface area contributed by atoms with Gasteiger partial charge in [0, 0.05) is 50.5 Å². The van der Waals surface area contributed by atoms with Gasteiger partial charge < -0.3 is 21.3 Å². The summed E-state index contributed by atoms with van der Waals surface area (Å²) in [6.07, 6.45) is 29.8. The first-order valence-corrected chi connectivity index (χ1v) is 20.7. The SMILES string of the molecule is O=C(CCCCCCCCCCNC(=O)C1=C=CC=C1)NCCSSCCNC(=O)CCCCCCCCCCNC(=O)C1=C=CC=C1. The maximum absolute atomic E-state index is 12.1. The van der Waals surface area contributed by atoms with E-state index in [4.69, 9.17) is 0 Å². The number of carbonyl (C=O) groups is 4. The zero-order chi connectivity index (χ0) is 34.3. The van der Waals surface area contributed by atoms with E-state index in [1.54, 1.807) is 45.9 Å². The van der Waals surface area contributed by atoms with Gasteiger partial charge in [0.2, 0.25) is 11.8 Å². The molecule has 266 valence electrons. The Hall–Kier alpha value is -2.90. The molecule has 0 heterocycles. The number of nitrogens with one attached hydrogen (secondary N) is 4. The van der Waals surface area contributed by atoms with Crippen LogP contribution >= 0.6 is 21.6 Å². The van der Waals surface area contributed by atoms with Crippen LogP contribution in [-0.4, -0.2) is 61.3 Å². The van der Waals surface area contributed by atoms with E-state index in [2.05, 4.69) is 32.7 Å². The number of rotatable bonds is 31. The van der Waals surface area contributed by atoms with Gasteiger partial charge >= 0.3 is 0 Å². The molecule has 0 radical (unpaired) electrons. The molecule has 2 aliphatic rings. The van der Waals surface area contributed by atoms with Gasteiger partial charge in [-0.25, -0.2) is 0 Å². The summed E-state index contributed by atoms with van der Waals surface area (Å²) in [5.41, 5.74) is 7.05. The standard InChI is InChI=1S/C38H58N4O4S2/c43-35(25-13-9-5-1-3-7-11-19-27-41-37(45)33-21-15-16-22-33)39-29-31-47-48-32-30-40-36(44)26-14-10-6-2-4-8-12-20-28-42-38(46)34-23-17-18-24-34/h15-18,21,23H,1-14,19-20,25-32H2,(H,39,43)(H,40,44)(H,41,45)(H,42,46). The summed E-state index contributed by atoms with van der Waals surface area (Å²) in [7, 11) is 3.47. The van der Waals surface area contributed by atoms with E-state index in [9.17, 15) is 19.2 Å². The normalized spacial score (nSPS) is 12.7. The maximum Gasteiger partial charge on any atom is 0.259 e. The van der Waals surface area contributed by atoms with Crippen molar-refractivity contribution in [1.82, 2.24) is 21.3 Å². The summed E-state index contributed by atoms with van der Waals surface area (Å²) in [5.74, 6) is 1.93. The van der Waals surface area contributed by atoms with E-state index in [1.807, 2.05) is 12.2 Å². The van der Waals surface area contributed by atoms with Crippen LogP contribution in [0.5, 0.6) is 0 Å². The fraction of sp³-hybridized carbons (Fsp3) is 0.632. The topological polar surface area (TPSA) is 116 Å². The summed E-state index contributed by atoms with van der Waals surface area (Å²) in [5, 5.41) is 11.9. The van der Waals surface area contributed by atoms with E-state index in [0.717, 1.165) is 62.9 Å². The second-order valence-corrected chi connectivity index (χ2v) is 14.9. The summed E-state index contributed by atoms with van der Waals surface area (Å²) in [6, 6.07) is 0. The molecule has 48 heavy (non-hydrogen) atoms. The van der Waals surface area contributed by atoms with Crippen LogP contribution in [0.15, 0.2) is 59.1 Å². The lowest BCUT2D eigenvalue weighted by molar-refractivity contribution is -0.121. The molecule has 0 bridgehead atoms. The minimum Gasteiger partial charge on any atom is -0.355 e. The Bertz CT molecular complexity index is 1080. The molecule has 2 rings (SSSR count).